The molecule has 0 aromatic heterocycles. The number of aryl methyl sites for hydroxylation is 1. The van der Waals surface area contributed by atoms with E-state index in [1.807, 2.05) is 61.7 Å². The van der Waals surface area contributed by atoms with Crippen molar-refractivity contribution in [3.05, 3.63) is 65.2 Å². The Hall–Kier alpha value is -2.40. The van der Waals surface area contributed by atoms with Crippen LogP contribution in [0.2, 0.25) is 0 Å². The highest BCUT2D eigenvalue weighted by Gasteiger charge is 1.96. The Kier molecular flexibility index (Phi) is 3.32. The zero-order chi connectivity index (χ0) is 12.1. The van der Waals surface area contributed by atoms with Crippen molar-refractivity contribution < 1.29 is 0 Å². The summed E-state index contributed by atoms with van der Waals surface area (Å²) >= 11 is 0. The highest BCUT2D eigenvalue weighted by molar-refractivity contribution is 5.82. The average molecular weight is 220 g/mol. The van der Waals surface area contributed by atoms with E-state index in [1.165, 1.54) is 0 Å². The zero-order valence-electron chi connectivity index (χ0n) is 9.59. The fourth-order valence-electron chi connectivity index (χ4n) is 1.56. The molecule has 0 fully saturated rings. The van der Waals surface area contributed by atoms with Crippen LogP contribution in [-0.4, -0.2) is 6.21 Å². The largest absolute Gasteiger partial charge is 0.256 e. The van der Waals surface area contributed by atoms with Gasteiger partial charge in [0.2, 0.25) is 0 Å². The summed E-state index contributed by atoms with van der Waals surface area (Å²) in [7, 11) is 0. The number of aliphatic imine (C=N–C) groups is 1. The van der Waals surface area contributed by atoms with Gasteiger partial charge in [-0.25, -0.2) is 0 Å². The lowest BCUT2D eigenvalue weighted by Gasteiger charge is -1.98. The molecule has 0 radical (unpaired) electrons. The van der Waals surface area contributed by atoms with Crippen LogP contribution in [0.5, 0.6) is 0 Å². The SMILES string of the molecule is Cc1cc(C=Nc2ccccc2)ccc1C#N. The third-order valence-corrected chi connectivity index (χ3v) is 2.49. The molecule has 0 atom stereocenters. The van der Waals surface area contributed by atoms with Crippen LogP contribution in [-0.2, 0) is 0 Å². The second kappa shape index (κ2) is 5.09. The highest BCUT2D eigenvalue weighted by atomic mass is 14.7. The number of hydrogen-bond acceptors (Lipinski definition) is 2. The van der Waals surface area contributed by atoms with Gasteiger partial charge in [-0.05, 0) is 42.3 Å². The minimum Gasteiger partial charge on any atom is -0.256 e. The first kappa shape index (κ1) is 11.1. The van der Waals surface area contributed by atoms with Gasteiger partial charge in [0, 0.05) is 6.21 Å². The Morgan fingerprint density at radius 1 is 1.12 bits per heavy atom. The molecule has 2 heteroatoms. The molecule has 0 heterocycles. The third-order valence-electron chi connectivity index (χ3n) is 2.49. The van der Waals surface area contributed by atoms with Gasteiger partial charge in [-0.3, -0.25) is 4.99 Å². The number of rotatable bonds is 2. The molecule has 2 aromatic rings. The second-order valence-electron chi connectivity index (χ2n) is 3.78. The van der Waals surface area contributed by atoms with E-state index in [9.17, 15) is 0 Å². The van der Waals surface area contributed by atoms with Gasteiger partial charge in [-0.15, -0.1) is 0 Å². The van der Waals surface area contributed by atoms with E-state index in [-0.39, 0.29) is 0 Å². The second-order valence-corrected chi connectivity index (χ2v) is 3.78. The normalized spacial score (nSPS) is 10.4. The maximum Gasteiger partial charge on any atom is 0.0994 e. The van der Waals surface area contributed by atoms with E-state index in [1.54, 1.807) is 0 Å². The Balaban J connectivity index is 2.23. The number of hydrogen-bond donors (Lipinski definition) is 0. The number of para-hydroxylation sites is 1. The molecule has 0 saturated heterocycles. The highest BCUT2D eigenvalue weighted by Crippen LogP contribution is 2.12. The van der Waals surface area contributed by atoms with Crippen molar-refractivity contribution in [2.75, 3.05) is 0 Å². The lowest BCUT2D eigenvalue weighted by molar-refractivity contribution is 1.39. The van der Waals surface area contributed by atoms with Crippen molar-refractivity contribution in [2.45, 2.75) is 6.92 Å². The molecule has 0 unspecified atom stereocenters. The first-order valence-corrected chi connectivity index (χ1v) is 5.39. The molecule has 0 saturated carbocycles. The minimum atomic E-state index is 0.710. The minimum absolute atomic E-state index is 0.710. The fourth-order valence-corrected chi connectivity index (χ4v) is 1.56. The quantitative estimate of drug-likeness (QED) is 0.712. The van der Waals surface area contributed by atoms with E-state index in [0.717, 1.165) is 16.8 Å². The number of nitrogens with zero attached hydrogens (tertiary/aromatic N) is 2. The van der Waals surface area contributed by atoms with E-state index < -0.39 is 0 Å². The molecule has 82 valence electrons. The summed E-state index contributed by atoms with van der Waals surface area (Å²) in [5, 5.41) is 8.83. The average Bonchev–Trinajstić information content (AvgIpc) is 2.38. The number of nitriles is 1. The molecular weight excluding hydrogens is 208 g/mol. The molecule has 0 aliphatic heterocycles. The van der Waals surface area contributed by atoms with Gasteiger partial charge in [0.1, 0.15) is 0 Å². The molecule has 2 rings (SSSR count). The molecule has 0 spiro atoms. The van der Waals surface area contributed by atoms with Gasteiger partial charge in [0.05, 0.1) is 17.3 Å². The van der Waals surface area contributed by atoms with E-state index in [0.29, 0.717) is 5.56 Å². The lowest BCUT2D eigenvalue weighted by Crippen LogP contribution is -1.86. The summed E-state index contributed by atoms with van der Waals surface area (Å²) < 4.78 is 0. The summed E-state index contributed by atoms with van der Waals surface area (Å²) in [5.74, 6) is 0. The van der Waals surface area contributed by atoms with Crippen molar-refractivity contribution >= 4 is 11.9 Å². The van der Waals surface area contributed by atoms with Crippen molar-refractivity contribution in [3.63, 3.8) is 0 Å². The van der Waals surface area contributed by atoms with Crippen LogP contribution in [0.1, 0.15) is 16.7 Å². The van der Waals surface area contributed by atoms with Gasteiger partial charge in [0.15, 0.2) is 0 Å². The molecule has 2 aromatic carbocycles. The topological polar surface area (TPSA) is 36.1 Å². The Labute approximate surface area is 101 Å². The van der Waals surface area contributed by atoms with E-state index in [4.69, 9.17) is 5.26 Å². The summed E-state index contributed by atoms with van der Waals surface area (Å²) in [4.78, 5) is 4.37. The van der Waals surface area contributed by atoms with Crippen molar-refractivity contribution in [1.29, 1.82) is 5.26 Å². The standard InChI is InChI=1S/C15H12N2/c1-12-9-13(7-8-14(12)10-16)11-17-15-5-3-2-4-6-15/h2-9,11H,1H3. The smallest absolute Gasteiger partial charge is 0.0994 e. The van der Waals surface area contributed by atoms with E-state index in [2.05, 4.69) is 11.1 Å². The van der Waals surface area contributed by atoms with Crippen LogP contribution < -0.4 is 0 Å². The molecule has 0 aliphatic carbocycles. The van der Waals surface area contributed by atoms with Crippen molar-refractivity contribution in [3.8, 4) is 6.07 Å². The van der Waals surface area contributed by atoms with Gasteiger partial charge >= 0.3 is 0 Å². The molecule has 0 bridgehead atoms. The van der Waals surface area contributed by atoms with Gasteiger partial charge < -0.3 is 0 Å². The number of benzene rings is 2. The maximum atomic E-state index is 8.83. The van der Waals surface area contributed by atoms with Gasteiger partial charge in [-0.1, -0.05) is 24.3 Å². The summed E-state index contributed by atoms with van der Waals surface area (Å²) in [5.41, 5.74) is 3.62. The molecule has 17 heavy (non-hydrogen) atoms. The van der Waals surface area contributed by atoms with Crippen molar-refractivity contribution in [1.82, 2.24) is 0 Å². The summed E-state index contributed by atoms with van der Waals surface area (Å²) in [6.07, 6.45) is 1.81. The molecule has 0 aliphatic rings. The van der Waals surface area contributed by atoms with Gasteiger partial charge in [0.25, 0.3) is 0 Å². The van der Waals surface area contributed by atoms with Crippen LogP contribution in [0.4, 0.5) is 5.69 Å². The first-order chi connectivity index (χ1) is 8.29. The zero-order valence-corrected chi connectivity index (χ0v) is 9.59. The van der Waals surface area contributed by atoms with Crippen LogP contribution >= 0.6 is 0 Å². The Morgan fingerprint density at radius 3 is 2.53 bits per heavy atom. The Bertz CT molecular complexity index is 578. The predicted molar refractivity (Wildman–Crippen MR) is 69.6 cm³/mol. The lowest BCUT2D eigenvalue weighted by atomic mass is 10.1. The predicted octanol–water partition coefficient (Wildman–Crippen LogP) is 3.62. The molecule has 2 nitrogen and oxygen atoms in total. The Morgan fingerprint density at radius 2 is 1.88 bits per heavy atom. The monoisotopic (exact) mass is 220 g/mol. The van der Waals surface area contributed by atoms with E-state index >= 15 is 0 Å². The van der Waals surface area contributed by atoms with Crippen LogP contribution in [0.25, 0.3) is 0 Å². The first-order valence-electron chi connectivity index (χ1n) is 5.39. The maximum absolute atomic E-state index is 8.83. The van der Waals surface area contributed by atoms with Crippen molar-refractivity contribution in [2.24, 2.45) is 4.99 Å². The summed E-state index contributed by atoms with van der Waals surface area (Å²) in [6.45, 7) is 1.93. The molecule has 0 N–H and O–H groups in total. The van der Waals surface area contributed by atoms with Crippen LogP contribution in [0.15, 0.2) is 53.5 Å². The third kappa shape index (κ3) is 2.79. The van der Waals surface area contributed by atoms with Gasteiger partial charge in [-0.2, -0.15) is 5.26 Å². The molecular formula is C15H12N2. The van der Waals surface area contributed by atoms with Crippen LogP contribution in [0.3, 0.4) is 0 Å². The molecule has 0 amide bonds. The fraction of sp³-hybridized carbons (Fsp3) is 0.0667. The summed E-state index contributed by atoms with van der Waals surface area (Å²) in [6, 6.07) is 17.6. The van der Waals surface area contributed by atoms with Crippen LogP contribution in [0, 0.1) is 18.3 Å².